The number of hydrogen-bond donors (Lipinski definition) is 0. The van der Waals surface area contributed by atoms with Gasteiger partial charge < -0.3 is 9.64 Å². The van der Waals surface area contributed by atoms with Crippen LogP contribution in [0.1, 0.15) is 31.4 Å². The van der Waals surface area contributed by atoms with Crippen LogP contribution in [-0.2, 0) is 10.5 Å². The van der Waals surface area contributed by atoms with Crippen LogP contribution in [0.25, 0.3) is 10.9 Å². The van der Waals surface area contributed by atoms with Gasteiger partial charge in [0.25, 0.3) is 5.56 Å². The number of hydrogen-bond acceptors (Lipinski definition) is 5. The highest BCUT2D eigenvalue weighted by molar-refractivity contribution is 7.98. The van der Waals surface area contributed by atoms with Crippen LogP contribution < -0.4 is 5.56 Å². The number of benzene rings is 2. The van der Waals surface area contributed by atoms with Crippen LogP contribution in [0.2, 0.25) is 0 Å². The van der Waals surface area contributed by atoms with E-state index in [0.29, 0.717) is 48.6 Å². The van der Waals surface area contributed by atoms with Crippen LogP contribution in [0, 0.1) is 11.6 Å². The van der Waals surface area contributed by atoms with Crippen molar-refractivity contribution in [2.75, 3.05) is 19.7 Å². The van der Waals surface area contributed by atoms with Gasteiger partial charge in [-0.3, -0.25) is 9.36 Å². The molecule has 1 aliphatic heterocycles. The summed E-state index contributed by atoms with van der Waals surface area (Å²) >= 11 is 1.20. The highest BCUT2D eigenvalue weighted by atomic mass is 32.2. The number of likely N-dealkylation sites (tertiary alicyclic amines) is 1. The molecule has 2 aromatic carbocycles. The average Bonchev–Trinajstić information content (AvgIpc) is 2.80. The Morgan fingerprint density at radius 2 is 1.94 bits per heavy atom. The van der Waals surface area contributed by atoms with E-state index in [9.17, 15) is 18.4 Å². The summed E-state index contributed by atoms with van der Waals surface area (Å²) in [5.41, 5.74) is 0.591. The third-order valence-corrected chi connectivity index (χ3v) is 6.50. The molecule has 1 aliphatic rings. The molecular formula is C23H23F2N3O3S. The standard InChI is InChI=1S/C23H23F2N3O3S/c1-2-31-23(30)27-11-9-17(10-12-27)28-21(29)18-5-3-4-6-20(18)26-22(28)32-14-15-13-16(24)7-8-19(15)25/h3-8,13,17H,2,9-12,14H2,1H3. The van der Waals surface area contributed by atoms with Crippen molar-refractivity contribution in [3.05, 3.63) is 70.0 Å². The second-order valence-electron chi connectivity index (χ2n) is 7.53. The molecule has 0 bridgehead atoms. The summed E-state index contributed by atoms with van der Waals surface area (Å²) in [7, 11) is 0. The maximum absolute atomic E-state index is 14.1. The SMILES string of the molecule is CCOC(=O)N1CCC(n2c(SCc3cc(F)ccc3F)nc3ccccc3c2=O)CC1. The van der Waals surface area contributed by atoms with Crippen LogP contribution in [0.3, 0.4) is 0 Å². The number of piperidine rings is 1. The summed E-state index contributed by atoms with van der Waals surface area (Å²) in [6, 6.07) is 10.2. The topological polar surface area (TPSA) is 64.4 Å². The van der Waals surface area contributed by atoms with E-state index in [4.69, 9.17) is 4.74 Å². The maximum Gasteiger partial charge on any atom is 0.409 e. The molecule has 6 nitrogen and oxygen atoms in total. The van der Waals surface area contributed by atoms with Gasteiger partial charge in [0.15, 0.2) is 5.16 Å². The lowest BCUT2D eigenvalue weighted by Crippen LogP contribution is -2.41. The van der Waals surface area contributed by atoms with Gasteiger partial charge in [0.1, 0.15) is 11.6 Å². The number of nitrogens with zero attached hydrogens (tertiary/aromatic N) is 3. The van der Waals surface area contributed by atoms with Crippen LogP contribution >= 0.6 is 11.8 Å². The van der Waals surface area contributed by atoms with Gasteiger partial charge in [-0.15, -0.1) is 0 Å². The monoisotopic (exact) mass is 459 g/mol. The van der Waals surface area contributed by atoms with E-state index in [-0.39, 0.29) is 29.0 Å². The van der Waals surface area contributed by atoms with Crippen molar-refractivity contribution in [3.8, 4) is 0 Å². The van der Waals surface area contributed by atoms with Crippen LogP contribution in [0.15, 0.2) is 52.4 Å². The molecule has 1 saturated heterocycles. The van der Waals surface area contributed by atoms with Crippen LogP contribution in [0.5, 0.6) is 0 Å². The summed E-state index contributed by atoms with van der Waals surface area (Å²) in [5, 5.41) is 0.952. The summed E-state index contributed by atoms with van der Waals surface area (Å²) in [6.45, 7) is 3.00. The van der Waals surface area contributed by atoms with E-state index in [2.05, 4.69) is 4.98 Å². The highest BCUT2D eigenvalue weighted by Gasteiger charge is 2.27. The van der Waals surface area contributed by atoms with Gasteiger partial charge in [-0.25, -0.2) is 18.6 Å². The fourth-order valence-electron chi connectivity index (χ4n) is 3.87. The molecule has 1 aromatic heterocycles. The number of para-hydroxylation sites is 1. The number of carbonyl (C=O) groups is 1. The molecule has 0 N–H and O–H groups in total. The minimum atomic E-state index is -0.516. The highest BCUT2D eigenvalue weighted by Crippen LogP contribution is 2.30. The van der Waals surface area contributed by atoms with Crippen molar-refractivity contribution in [3.63, 3.8) is 0 Å². The van der Waals surface area contributed by atoms with E-state index < -0.39 is 11.6 Å². The minimum absolute atomic E-state index is 0.135. The zero-order valence-corrected chi connectivity index (χ0v) is 18.4. The summed E-state index contributed by atoms with van der Waals surface area (Å²) in [5.74, 6) is -0.885. The molecule has 0 radical (unpaired) electrons. The molecule has 9 heteroatoms. The number of thioether (sulfide) groups is 1. The lowest BCUT2D eigenvalue weighted by molar-refractivity contribution is 0.0915. The first-order chi connectivity index (χ1) is 15.5. The Kier molecular flexibility index (Phi) is 6.74. The molecule has 0 saturated carbocycles. The van der Waals surface area contributed by atoms with Crippen LogP contribution in [0.4, 0.5) is 13.6 Å². The number of halogens is 2. The Bertz CT molecular complexity index is 1190. The van der Waals surface area contributed by atoms with E-state index in [1.807, 2.05) is 0 Å². The smallest absolute Gasteiger partial charge is 0.409 e. The van der Waals surface area contributed by atoms with E-state index in [1.54, 1.807) is 40.7 Å². The zero-order valence-electron chi connectivity index (χ0n) is 17.6. The summed E-state index contributed by atoms with van der Waals surface area (Å²) in [4.78, 5) is 31.7. The third-order valence-electron chi connectivity index (χ3n) is 5.50. The minimum Gasteiger partial charge on any atom is -0.450 e. The number of carbonyl (C=O) groups excluding carboxylic acids is 1. The normalized spacial score (nSPS) is 14.7. The number of rotatable bonds is 5. The Hall–Kier alpha value is -2.94. The molecule has 0 aliphatic carbocycles. The van der Waals surface area contributed by atoms with Gasteiger partial charge in [0, 0.05) is 30.4 Å². The van der Waals surface area contributed by atoms with Crippen molar-refractivity contribution < 1.29 is 18.3 Å². The second-order valence-corrected chi connectivity index (χ2v) is 8.47. The van der Waals surface area contributed by atoms with E-state index >= 15 is 0 Å². The molecular weight excluding hydrogens is 436 g/mol. The fraction of sp³-hybridized carbons (Fsp3) is 0.348. The van der Waals surface area contributed by atoms with Crippen molar-refractivity contribution >= 4 is 28.8 Å². The number of aromatic nitrogens is 2. The quantitative estimate of drug-likeness (QED) is 0.407. The van der Waals surface area contributed by atoms with Gasteiger partial charge >= 0.3 is 6.09 Å². The van der Waals surface area contributed by atoms with Crippen molar-refractivity contribution in [2.45, 2.75) is 36.7 Å². The molecule has 0 unspecified atom stereocenters. The summed E-state index contributed by atoms with van der Waals surface area (Å²) in [6.07, 6.45) is 0.785. The molecule has 1 fully saturated rings. The predicted octanol–water partition coefficient (Wildman–Crippen LogP) is 4.76. The fourth-order valence-corrected chi connectivity index (χ4v) is 4.91. The Labute approximate surface area is 188 Å². The second kappa shape index (κ2) is 9.68. The molecule has 3 aromatic rings. The molecule has 0 spiro atoms. The number of ether oxygens (including phenoxy) is 1. The molecule has 1 amide bonds. The average molecular weight is 460 g/mol. The first-order valence-corrected chi connectivity index (χ1v) is 11.5. The Morgan fingerprint density at radius 1 is 1.19 bits per heavy atom. The van der Waals surface area contributed by atoms with Gasteiger partial charge in [-0.1, -0.05) is 23.9 Å². The van der Waals surface area contributed by atoms with Crippen molar-refractivity contribution in [1.29, 1.82) is 0 Å². The molecule has 2 heterocycles. The third kappa shape index (κ3) is 4.62. The zero-order chi connectivity index (χ0) is 22.7. The van der Waals surface area contributed by atoms with E-state index in [1.165, 1.54) is 11.8 Å². The summed E-state index contributed by atoms with van der Waals surface area (Å²) < 4.78 is 34.4. The molecule has 32 heavy (non-hydrogen) atoms. The van der Waals surface area contributed by atoms with Gasteiger partial charge in [-0.2, -0.15) is 0 Å². The molecule has 0 atom stereocenters. The lowest BCUT2D eigenvalue weighted by Gasteiger charge is -2.33. The molecule has 4 rings (SSSR count). The lowest BCUT2D eigenvalue weighted by atomic mass is 10.0. The predicted molar refractivity (Wildman–Crippen MR) is 119 cm³/mol. The maximum atomic E-state index is 14.1. The number of amides is 1. The van der Waals surface area contributed by atoms with Crippen molar-refractivity contribution in [2.24, 2.45) is 0 Å². The molecule has 168 valence electrons. The van der Waals surface area contributed by atoms with Crippen molar-refractivity contribution in [1.82, 2.24) is 14.5 Å². The van der Waals surface area contributed by atoms with Gasteiger partial charge in [-0.05, 0) is 50.1 Å². The Morgan fingerprint density at radius 3 is 2.69 bits per heavy atom. The van der Waals surface area contributed by atoms with Gasteiger partial charge in [0.2, 0.25) is 0 Å². The first kappa shape index (κ1) is 22.3. The largest absolute Gasteiger partial charge is 0.450 e. The Balaban J connectivity index is 1.65. The first-order valence-electron chi connectivity index (χ1n) is 10.5. The van der Waals surface area contributed by atoms with E-state index in [0.717, 1.165) is 18.2 Å². The van der Waals surface area contributed by atoms with Crippen LogP contribution in [-0.4, -0.2) is 40.2 Å². The number of fused-ring (bicyclic) bond motifs is 1. The van der Waals surface area contributed by atoms with Gasteiger partial charge in [0.05, 0.1) is 17.5 Å².